The Kier molecular flexibility index (Phi) is 5.30. The Morgan fingerprint density at radius 1 is 1.42 bits per heavy atom. The van der Waals surface area contributed by atoms with Crippen molar-refractivity contribution in [1.29, 1.82) is 5.26 Å². The first-order valence-electron chi connectivity index (χ1n) is 7.94. The molecule has 0 saturated carbocycles. The number of halogens is 1. The molecule has 6 nitrogen and oxygen atoms in total. The van der Waals surface area contributed by atoms with Gasteiger partial charge in [-0.3, -0.25) is 0 Å². The highest BCUT2D eigenvalue weighted by Gasteiger charge is 2.28. The Hall–Kier alpha value is -2.33. The summed E-state index contributed by atoms with van der Waals surface area (Å²) in [6.45, 7) is 6.55. The van der Waals surface area contributed by atoms with E-state index in [1.807, 2.05) is 6.07 Å². The Balaban J connectivity index is 1.96. The Morgan fingerprint density at radius 2 is 2.04 bits per heavy atom. The first-order valence-corrected chi connectivity index (χ1v) is 7.94. The topological polar surface area (TPSA) is 91.4 Å². The molecule has 1 aromatic carbocycles. The fourth-order valence-corrected chi connectivity index (χ4v) is 2.41. The molecule has 24 heavy (non-hydrogen) atoms. The number of hydrogen-bond acceptors (Lipinski definition) is 6. The standard InChI is InChI=1S/C17H23FN4O2/c1-17(2,3)16(23)24-22-8-6-11(7-9-22)21-15-12(10-19)13(18)4-5-14(15)20/h4-5,11,21H,6-9,20H2,1-3H3. The maximum atomic E-state index is 13.7. The molecule has 1 heterocycles. The van der Waals surface area contributed by atoms with Gasteiger partial charge in [0.25, 0.3) is 0 Å². The van der Waals surface area contributed by atoms with Crippen LogP contribution in [0.2, 0.25) is 0 Å². The predicted octanol–water partition coefficient (Wildman–Crippen LogP) is 2.66. The Labute approximate surface area is 141 Å². The molecule has 0 radical (unpaired) electrons. The summed E-state index contributed by atoms with van der Waals surface area (Å²) in [5, 5.41) is 13.9. The monoisotopic (exact) mass is 334 g/mol. The summed E-state index contributed by atoms with van der Waals surface area (Å²) in [6.07, 6.45) is 1.39. The molecule has 0 spiro atoms. The molecular formula is C17H23FN4O2. The van der Waals surface area contributed by atoms with E-state index in [0.29, 0.717) is 37.3 Å². The van der Waals surface area contributed by atoms with Crippen molar-refractivity contribution >= 4 is 17.3 Å². The van der Waals surface area contributed by atoms with Gasteiger partial charge in [0.05, 0.1) is 16.8 Å². The first-order chi connectivity index (χ1) is 11.2. The second kappa shape index (κ2) is 7.05. The van der Waals surface area contributed by atoms with E-state index in [1.165, 1.54) is 12.1 Å². The summed E-state index contributed by atoms with van der Waals surface area (Å²) in [5.41, 5.74) is 5.92. The van der Waals surface area contributed by atoms with Gasteiger partial charge in [0.1, 0.15) is 17.4 Å². The molecule has 0 atom stereocenters. The second-order valence-corrected chi connectivity index (χ2v) is 6.97. The maximum Gasteiger partial charge on any atom is 0.330 e. The summed E-state index contributed by atoms with van der Waals surface area (Å²) < 4.78 is 13.7. The van der Waals surface area contributed by atoms with E-state index in [-0.39, 0.29) is 17.6 Å². The minimum atomic E-state index is -0.592. The van der Waals surface area contributed by atoms with Gasteiger partial charge in [0.2, 0.25) is 0 Å². The number of anilines is 2. The van der Waals surface area contributed by atoms with Gasteiger partial charge in [-0.2, -0.15) is 5.26 Å². The molecule has 1 fully saturated rings. The number of nitriles is 1. The molecule has 0 aromatic heterocycles. The SMILES string of the molecule is CC(C)(C)C(=O)ON1CCC(Nc2c(N)ccc(F)c2C#N)CC1. The zero-order valence-corrected chi connectivity index (χ0v) is 14.2. The normalized spacial score (nSPS) is 16.5. The maximum absolute atomic E-state index is 13.7. The van der Waals surface area contributed by atoms with Crippen molar-refractivity contribution in [3.8, 4) is 6.07 Å². The van der Waals surface area contributed by atoms with E-state index in [2.05, 4.69) is 5.32 Å². The van der Waals surface area contributed by atoms with Gasteiger partial charge in [0.15, 0.2) is 0 Å². The minimum absolute atomic E-state index is 0.0331. The number of nitrogens with one attached hydrogen (secondary N) is 1. The molecule has 0 bridgehead atoms. The van der Waals surface area contributed by atoms with Gasteiger partial charge in [-0.25, -0.2) is 9.18 Å². The quantitative estimate of drug-likeness (QED) is 0.826. The number of benzene rings is 1. The van der Waals surface area contributed by atoms with Crippen LogP contribution in [0.15, 0.2) is 12.1 Å². The third-order valence-electron chi connectivity index (χ3n) is 3.93. The van der Waals surface area contributed by atoms with E-state index in [4.69, 9.17) is 15.8 Å². The molecule has 1 aliphatic heterocycles. The number of nitrogen functional groups attached to an aromatic ring is 1. The summed E-state index contributed by atoms with van der Waals surface area (Å²) in [7, 11) is 0. The van der Waals surface area contributed by atoms with Gasteiger partial charge in [-0.15, -0.1) is 5.06 Å². The lowest BCUT2D eigenvalue weighted by molar-refractivity contribution is -0.204. The molecule has 1 aromatic rings. The number of nitrogens with two attached hydrogens (primary N) is 1. The van der Waals surface area contributed by atoms with Crippen LogP contribution >= 0.6 is 0 Å². The van der Waals surface area contributed by atoms with Crippen molar-refractivity contribution in [1.82, 2.24) is 5.06 Å². The van der Waals surface area contributed by atoms with Crippen LogP contribution in [-0.2, 0) is 9.63 Å². The number of rotatable bonds is 3. The number of carbonyl (C=O) groups is 1. The van der Waals surface area contributed by atoms with Crippen molar-refractivity contribution in [3.05, 3.63) is 23.5 Å². The van der Waals surface area contributed by atoms with Crippen LogP contribution in [0.3, 0.4) is 0 Å². The van der Waals surface area contributed by atoms with E-state index >= 15 is 0 Å². The minimum Gasteiger partial charge on any atom is -0.397 e. The highest BCUT2D eigenvalue weighted by Crippen LogP contribution is 2.28. The lowest BCUT2D eigenvalue weighted by atomic mass is 9.98. The summed E-state index contributed by atoms with van der Waals surface area (Å²) in [4.78, 5) is 17.3. The average molecular weight is 334 g/mol. The molecular weight excluding hydrogens is 311 g/mol. The van der Waals surface area contributed by atoms with Crippen LogP contribution < -0.4 is 11.1 Å². The Morgan fingerprint density at radius 3 is 2.58 bits per heavy atom. The van der Waals surface area contributed by atoms with Gasteiger partial charge >= 0.3 is 5.97 Å². The van der Waals surface area contributed by atoms with E-state index in [0.717, 1.165) is 0 Å². The molecule has 0 unspecified atom stereocenters. The molecule has 1 saturated heterocycles. The molecule has 2 rings (SSSR count). The lowest BCUT2D eigenvalue weighted by Gasteiger charge is -2.33. The molecule has 3 N–H and O–H groups in total. The van der Waals surface area contributed by atoms with Crippen molar-refractivity contribution < 1.29 is 14.0 Å². The van der Waals surface area contributed by atoms with Crippen molar-refractivity contribution in [2.75, 3.05) is 24.1 Å². The molecule has 7 heteroatoms. The highest BCUT2D eigenvalue weighted by molar-refractivity contribution is 5.75. The summed E-state index contributed by atoms with van der Waals surface area (Å²) >= 11 is 0. The van der Waals surface area contributed by atoms with Crippen LogP contribution in [-0.4, -0.2) is 30.2 Å². The van der Waals surface area contributed by atoms with Crippen LogP contribution in [0.25, 0.3) is 0 Å². The average Bonchev–Trinajstić information content (AvgIpc) is 2.52. The number of hydrogen-bond donors (Lipinski definition) is 2. The number of carbonyl (C=O) groups excluding carboxylic acids is 1. The molecule has 0 aliphatic carbocycles. The highest BCUT2D eigenvalue weighted by atomic mass is 19.1. The number of nitrogens with zero attached hydrogens (tertiary/aromatic N) is 2. The predicted molar refractivity (Wildman–Crippen MR) is 89.3 cm³/mol. The van der Waals surface area contributed by atoms with Crippen molar-refractivity contribution in [3.63, 3.8) is 0 Å². The Bertz CT molecular complexity index is 656. The number of piperidine rings is 1. The molecule has 130 valence electrons. The first kappa shape index (κ1) is 18.0. The molecule has 0 amide bonds. The smallest absolute Gasteiger partial charge is 0.330 e. The number of hydroxylamine groups is 2. The zero-order valence-electron chi connectivity index (χ0n) is 14.2. The van der Waals surface area contributed by atoms with Crippen LogP contribution in [0.5, 0.6) is 0 Å². The van der Waals surface area contributed by atoms with Crippen LogP contribution in [0.1, 0.15) is 39.2 Å². The van der Waals surface area contributed by atoms with E-state index < -0.39 is 11.2 Å². The van der Waals surface area contributed by atoms with E-state index in [9.17, 15) is 9.18 Å². The van der Waals surface area contributed by atoms with E-state index in [1.54, 1.807) is 25.8 Å². The van der Waals surface area contributed by atoms with Gasteiger partial charge in [0, 0.05) is 19.1 Å². The third-order valence-corrected chi connectivity index (χ3v) is 3.93. The third kappa shape index (κ3) is 4.15. The largest absolute Gasteiger partial charge is 0.397 e. The second-order valence-electron chi connectivity index (χ2n) is 6.97. The van der Waals surface area contributed by atoms with Gasteiger partial charge in [-0.05, 0) is 45.7 Å². The fraction of sp³-hybridized carbons (Fsp3) is 0.529. The van der Waals surface area contributed by atoms with Gasteiger partial charge in [-0.1, -0.05) is 0 Å². The van der Waals surface area contributed by atoms with Crippen molar-refractivity contribution in [2.24, 2.45) is 5.41 Å². The summed E-state index contributed by atoms with van der Waals surface area (Å²) in [5.74, 6) is -0.860. The molecule has 1 aliphatic rings. The van der Waals surface area contributed by atoms with Crippen LogP contribution in [0.4, 0.5) is 15.8 Å². The van der Waals surface area contributed by atoms with Gasteiger partial charge < -0.3 is 15.9 Å². The van der Waals surface area contributed by atoms with Crippen molar-refractivity contribution in [2.45, 2.75) is 39.7 Å². The summed E-state index contributed by atoms with van der Waals surface area (Å²) in [6, 6.07) is 4.51. The van der Waals surface area contributed by atoms with Crippen LogP contribution in [0, 0.1) is 22.6 Å². The lowest BCUT2D eigenvalue weighted by Crippen LogP contribution is -2.42. The zero-order chi connectivity index (χ0) is 17.9. The fourth-order valence-electron chi connectivity index (χ4n) is 2.41.